The second-order valence-electron chi connectivity index (χ2n) is 6.92. The maximum Gasteiger partial charge on any atom is 0.325 e. The van der Waals surface area contributed by atoms with Crippen LogP contribution in [0, 0.1) is 10.1 Å². The third-order valence-electron chi connectivity index (χ3n) is 4.99. The third-order valence-corrected chi connectivity index (χ3v) is 5.48. The van der Waals surface area contributed by atoms with Crippen molar-refractivity contribution in [2.45, 2.75) is 25.6 Å². The molecule has 0 aromatic heterocycles. The molecular formula is C19H16BrN3O6. The number of urea groups is 1. The number of halogens is 1. The predicted molar refractivity (Wildman–Crippen MR) is 104 cm³/mol. The van der Waals surface area contributed by atoms with Gasteiger partial charge in [-0.1, -0.05) is 28.1 Å². The number of non-ortho nitro benzene ring substituents is 1. The summed E-state index contributed by atoms with van der Waals surface area (Å²) in [4.78, 5) is 37.6. The number of nitrogens with one attached hydrogen (secondary N) is 1. The summed E-state index contributed by atoms with van der Waals surface area (Å²) in [6.07, 6.45) is 0. The van der Waals surface area contributed by atoms with Crippen molar-refractivity contribution in [2.75, 3.05) is 6.79 Å². The van der Waals surface area contributed by atoms with E-state index in [1.807, 2.05) is 6.07 Å². The van der Waals surface area contributed by atoms with Crippen molar-refractivity contribution in [1.29, 1.82) is 0 Å². The van der Waals surface area contributed by atoms with Crippen LogP contribution in [0.15, 0.2) is 40.9 Å². The lowest BCUT2D eigenvalue weighted by Crippen LogP contribution is -2.40. The quantitative estimate of drug-likeness (QED) is 0.425. The molecule has 0 spiro atoms. The molecule has 9 nitrogen and oxygen atoms in total. The van der Waals surface area contributed by atoms with Crippen LogP contribution >= 0.6 is 15.9 Å². The Labute approximate surface area is 173 Å². The van der Waals surface area contributed by atoms with Crippen molar-refractivity contribution < 1.29 is 24.0 Å². The van der Waals surface area contributed by atoms with E-state index in [0.29, 0.717) is 22.4 Å². The minimum Gasteiger partial charge on any atom is -0.467 e. The van der Waals surface area contributed by atoms with Gasteiger partial charge in [-0.3, -0.25) is 19.8 Å². The molecule has 1 saturated heterocycles. The molecule has 2 aromatic carbocycles. The zero-order chi connectivity index (χ0) is 20.8. The summed E-state index contributed by atoms with van der Waals surface area (Å²) in [5, 5.41) is 14.0. The molecule has 1 atom stereocenters. The summed E-state index contributed by atoms with van der Waals surface area (Å²) in [7, 11) is 0. The molecule has 2 heterocycles. The highest BCUT2D eigenvalue weighted by Crippen LogP contribution is 2.36. The molecule has 0 unspecified atom stereocenters. The Hall–Kier alpha value is -2.98. The smallest absolute Gasteiger partial charge is 0.325 e. The number of nitro benzene ring substituents is 1. The van der Waals surface area contributed by atoms with Crippen LogP contribution in [0.25, 0.3) is 0 Å². The van der Waals surface area contributed by atoms with Gasteiger partial charge in [0.15, 0.2) is 6.79 Å². The molecule has 10 heteroatoms. The van der Waals surface area contributed by atoms with Crippen LogP contribution in [0.5, 0.6) is 5.75 Å². The van der Waals surface area contributed by atoms with Gasteiger partial charge in [0, 0.05) is 27.7 Å². The summed E-state index contributed by atoms with van der Waals surface area (Å²) in [5.41, 5.74) is 0.0980. The summed E-state index contributed by atoms with van der Waals surface area (Å²) < 4.78 is 11.5. The number of nitro groups is 1. The number of nitrogens with zero attached hydrogens (tertiary/aromatic N) is 2. The van der Waals surface area contributed by atoms with Crippen LogP contribution in [0.2, 0.25) is 0 Å². The fourth-order valence-corrected chi connectivity index (χ4v) is 3.91. The molecule has 3 amide bonds. The molecule has 29 heavy (non-hydrogen) atoms. The number of carbonyl (C=O) groups excluding carboxylic acids is 2. The SMILES string of the molecule is C[C@@]1(c2cccc(Br)c2)NC(=O)N(Cc2cc([N+](=O)[O-])cc3c2OCOC3)C1=O. The molecule has 4 rings (SSSR count). The van der Waals surface area contributed by atoms with Gasteiger partial charge in [0.25, 0.3) is 11.6 Å². The Balaban J connectivity index is 1.70. The van der Waals surface area contributed by atoms with E-state index in [0.717, 1.165) is 9.37 Å². The first-order valence-electron chi connectivity index (χ1n) is 8.70. The first kappa shape index (κ1) is 19.3. The van der Waals surface area contributed by atoms with Crippen LogP contribution in [0.4, 0.5) is 10.5 Å². The van der Waals surface area contributed by atoms with Gasteiger partial charge in [-0.15, -0.1) is 0 Å². The second kappa shape index (κ2) is 7.12. The van der Waals surface area contributed by atoms with E-state index in [1.165, 1.54) is 12.1 Å². The normalized spacial score (nSPS) is 20.8. The van der Waals surface area contributed by atoms with Gasteiger partial charge in [0.2, 0.25) is 0 Å². The van der Waals surface area contributed by atoms with Gasteiger partial charge in [-0.2, -0.15) is 0 Å². The number of benzene rings is 2. The zero-order valence-corrected chi connectivity index (χ0v) is 16.9. The number of rotatable bonds is 4. The number of ether oxygens (including phenoxy) is 2. The zero-order valence-electron chi connectivity index (χ0n) is 15.3. The maximum absolute atomic E-state index is 13.2. The van der Waals surface area contributed by atoms with E-state index < -0.39 is 22.4 Å². The minimum atomic E-state index is -1.24. The average molecular weight is 462 g/mol. The summed E-state index contributed by atoms with van der Waals surface area (Å²) in [6.45, 7) is 1.62. The van der Waals surface area contributed by atoms with E-state index in [-0.39, 0.29) is 25.6 Å². The fraction of sp³-hybridized carbons (Fsp3) is 0.263. The highest BCUT2D eigenvalue weighted by molar-refractivity contribution is 9.10. The third kappa shape index (κ3) is 3.34. The number of fused-ring (bicyclic) bond motifs is 1. The summed E-state index contributed by atoms with van der Waals surface area (Å²) >= 11 is 3.37. The number of hydrogen-bond acceptors (Lipinski definition) is 6. The monoisotopic (exact) mass is 461 g/mol. The lowest BCUT2D eigenvalue weighted by atomic mass is 9.92. The highest BCUT2D eigenvalue weighted by Gasteiger charge is 2.49. The van der Waals surface area contributed by atoms with Crippen LogP contribution in [0.1, 0.15) is 23.6 Å². The van der Waals surface area contributed by atoms with Gasteiger partial charge in [0.1, 0.15) is 11.3 Å². The lowest BCUT2D eigenvalue weighted by Gasteiger charge is -2.24. The molecule has 0 aliphatic carbocycles. The Morgan fingerprint density at radius 2 is 2.10 bits per heavy atom. The predicted octanol–water partition coefficient (Wildman–Crippen LogP) is 3.19. The number of carbonyl (C=O) groups is 2. The first-order chi connectivity index (χ1) is 13.8. The number of imide groups is 1. The Bertz CT molecular complexity index is 1040. The van der Waals surface area contributed by atoms with E-state index in [2.05, 4.69) is 21.2 Å². The summed E-state index contributed by atoms with van der Waals surface area (Å²) in [5.74, 6) is -0.0496. The second-order valence-corrected chi connectivity index (χ2v) is 7.83. The van der Waals surface area contributed by atoms with Crippen molar-refractivity contribution in [2.24, 2.45) is 0 Å². The highest BCUT2D eigenvalue weighted by atomic mass is 79.9. The van der Waals surface area contributed by atoms with Crippen molar-refractivity contribution in [3.05, 3.63) is 67.7 Å². The maximum atomic E-state index is 13.2. The largest absolute Gasteiger partial charge is 0.467 e. The van der Waals surface area contributed by atoms with Crippen LogP contribution in [0.3, 0.4) is 0 Å². The Morgan fingerprint density at radius 1 is 1.31 bits per heavy atom. The van der Waals surface area contributed by atoms with Crippen LogP contribution in [-0.2, 0) is 28.2 Å². The molecule has 1 fully saturated rings. The van der Waals surface area contributed by atoms with Crippen LogP contribution in [-0.4, -0.2) is 28.6 Å². The Morgan fingerprint density at radius 3 is 2.83 bits per heavy atom. The van der Waals surface area contributed by atoms with E-state index in [4.69, 9.17) is 9.47 Å². The van der Waals surface area contributed by atoms with E-state index >= 15 is 0 Å². The van der Waals surface area contributed by atoms with Crippen molar-refractivity contribution in [3.8, 4) is 5.75 Å². The number of amides is 3. The first-order valence-corrected chi connectivity index (χ1v) is 9.50. The van der Waals surface area contributed by atoms with Gasteiger partial charge < -0.3 is 14.8 Å². The number of hydrogen-bond donors (Lipinski definition) is 1. The molecule has 0 bridgehead atoms. The molecule has 0 saturated carbocycles. The van der Waals surface area contributed by atoms with Gasteiger partial charge in [0.05, 0.1) is 18.1 Å². The lowest BCUT2D eigenvalue weighted by molar-refractivity contribution is -0.385. The van der Waals surface area contributed by atoms with Gasteiger partial charge in [-0.05, 0) is 24.6 Å². The van der Waals surface area contributed by atoms with Crippen LogP contribution < -0.4 is 10.1 Å². The van der Waals surface area contributed by atoms with E-state index in [1.54, 1.807) is 25.1 Å². The molecular weight excluding hydrogens is 446 g/mol. The van der Waals surface area contributed by atoms with Crippen molar-refractivity contribution >= 4 is 33.6 Å². The average Bonchev–Trinajstić information content (AvgIpc) is 2.92. The molecule has 150 valence electrons. The molecule has 1 N–H and O–H groups in total. The summed E-state index contributed by atoms with van der Waals surface area (Å²) in [6, 6.07) is 9.22. The molecule has 2 aromatic rings. The minimum absolute atomic E-state index is 0.00624. The molecule has 0 radical (unpaired) electrons. The Kier molecular flexibility index (Phi) is 4.75. The van der Waals surface area contributed by atoms with Gasteiger partial charge in [-0.25, -0.2) is 4.79 Å². The fourth-order valence-electron chi connectivity index (χ4n) is 3.51. The molecule has 2 aliphatic rings. The molecule has 2 aliphatic heterocycles. The van der Waals surface area contributed by atoms with Crippen molar-refractivity contribution in [3.63, 3.8) is 0 Å². The van der Waals surface area contributed by atoms with Crippen molar-refractivity contribution in [1.82, 2.24) is 10.2 Å². The topological polar surface area (TPSA) is 111 Å². The van der Waals surface area contributed by atoms with Gasteiger partial charge >= 0.3 is 6.03 Å². The van der Waals surface area contributed by atoms with E-state index in [9.17, 15) is 19.7 Å². The standard InChI is InChI=1S/C19H16BrN3O6/c1-19(13-3-2-4-14(20)7-13)17(24)22(18(25)21-19)8-11-5-15(23(26)27)6-12-9-28-10-29-16(11)12/h2-7H,8-10H2,1H3,(H,21,25)/t19-/m0/s1.